The van der Waals surface area contributed by atoms with Crippen LogP contribution in [0.5, 0.6) is 0 Å². The molecule has 1 aliphatic rings. The summed E-state index contributed by atoms with van der Waals surface area (Å²) < 4.78 is 0. The second kappa shape index (κ2) is 3.79. The first-order valence-corrected chi connectivity index (χ1v) is 7.26. The van der Waals surface area contributed by atoms with E-state index in [0.717, 1.165) is 22.8 Å². The van der Waals surface area contributed by atoms with E-state index in [2.05, 4.69) is 32.9 Å². The summed E-state index contributed by atoms with van der Waals surface area (Å²) in [6.45, 7) is 6.58. The predicted molar refractivity (Wildman–Crippen MR) is 68.7 cm³/mol. The van der Waals surface area contributed by atoms with Gasteiger partial charge in [0.15, 0.2) is 0 Å². The van der Waals surface area contributed by atoms with Gasteiger partial charge in [0.2, 0.25) is 0 Å². The quantitative estimate of drug-likeness (QED) is 0.814. The molecule has 1 unspecified atom stereocenters. The van der Waals surface area contributed by atoms with Gasteiger partial charge in [-0.3, -0.25) is 0 Å². The van der Waals surface area contributed by atoms with Crippen molar-refractivity contribution in [3.8, 4) is 0 Å². The van der Waals surface area contributed by atoms with Crippen LogP contribution in [-0.2, 0) is 5.60 Å². The third-order valence-electron chi connectivity index (χ3n) is 2.80. The van der Waals surface area contributed by atoms with Crippen molar-refractivity contribution in [1.29, 1.82) is 0 Å². The Labute approximate surface area is 99.9 Å². The van der Waals surface area contributed by atoms with Gasteiger partial charge >= 0.3 is 0 Å². The normalized spacial score (nSPS) is 30.4. The van der Waals surface area contributed by atoms with Crippen molar-refractivity contribution in [1.82, 2.24) is 0 Å². The van der Waals surface area contributed by atoms with E-state index in [4.69, 9.17) is 0 Å². The van der Waals surface area contributed by atoms with Gasteiger partial charge in [0.05, 0.1) is 0 Å². The maximum atomic E-state index is 10.7. The minimum Gasteiger partial charge on any atom is -0.383 e. The SMILES string of the molecule is Cc1ccc(C2(O)CSCC(C)(C)C2)s1. The Kier molecular flexibility index (Phi) is 2.91. The van der Waals surface area contributed by atoms with Gasteiger partial charge in [0, 0.05) is 15.5 Å². The van der Waals surface area contributed by atoms with E-state index in [9.17, 15) is 5.11 Å². The van der Waals surface area contributed by atoms with Gasteiger partial charge in [-0.15, -0.1) is 11.3 Å². The number of aryl methyl sites for hydroxylation is 1. The molecule has 3 heteroatoms. The number of thiophene rings is 1. The molecule has 0 radical (unpaired) electrons. The molecular weight excluding hydrogens is 224 g/mol. The molecule has 1 aromatic rings. The van der Waals surface area contributed by atoms with Crippen molar-refractivity contribution in [2.24, 2.45) is 5.41 Å². The maximum absolute atomic E-state index is 10.7. The fourth-order valence-electron chi connectivity index (χ4n) is 2.23. The molecule has 1 aliphatic heterocycles. The van der Waals surface area contributed by atoms with Crippen molar-refractivity contribution < 1.29 is 5.11 Å². The average Bonchev–Trinajstić information content (AvgIpc) is 2.49. The fourth-order valence-corrected chi connectivity index (χ4v) is 4.63. The first kappa shape index (κ1) is 11.5. The summed E-state index contributed by atoms with van der Waals surface area (Å²) in [5.41, 5.74) is -0.346. The van der Waals surface area contributed by atoms with Crippen LogP contribution in [0.2, 0.25) is 0 Å². The van der Waals surface area contributed by atoms with Gasteiger partial charge in [-0.05, 0) is 36.6 Å². The molecule has 0 bridgehead atoms. The zero-order valence-electron chi connectivity index (χ0n) is 9.54. The van der Waals surface area contributed by atoms with Crippen LogP contribution in [0.4, 0.5) is 0 Å². The number of aliphatic hydroxyl groups is 1. The van der Waals surface area contributed by atoms with Gasteiger partial charge in [-0.25, -0.2) is 0 Å². The van der Waals surface area contributed by atoms with Crippen LogP contribution in [0, 0.1) is 12.3 Å². The van der Waals surface area contributed by atoms with E-state index in [-0.39, 0.29) is 5.41 Å². The molecule has 1 aromatic heterocycles. The lowest BCUT2D eigenvalue weighted by molar-refractivity contribution is 0.0190. The lowest BCUT2D eigenvalue weighted by Gasteiger charge is -2.40. The maximum Gasteiger partial charge on any atom is 0.108 e. The number of thioether (sulfide) groups is 1. The first-order valence-electron chi connectivity index (χ1n) is 5.28. The first-order chi connectivity index (χ1) is 6.91. The molecule has 2 heterocycles. The molecule has 1 nitrogen and oxygen atoms in total. The Balaban J connectivity index is 2.26. The Bertz CT molecular complexity index is 356. The van der Waals surface area contributed by atoms with E-state index < -0.39 is 5.60 Å². The highest BCUT2D eigenvalue weighted by molar-refractivity contribution is 7.99. The average molecular weight is 242 g/mol. The van der Waals surface area contributed by atoms with E-state index in [0.29, 0.717) is 0 Å². The van der Waals surface area contributed by atoms with Gasteiger partial charge in [0.1, 0.15) is 5.60 Å². The van der Waals surface area contributed by atoms with Crippen LogP contribution in [0.15, 0.2) is 12.1 Å². The van der Waals surface area contributed by atoms with Crippen LogP contribution in [0.1, 0.15) is 30.0 Å². The Morgan fingerprint density at radius 1 is 1.27 bits per heavy atom. The summed E-state index contributed by atoms with van der Waals surface area (Å²) in [6.07, 6.45) is 0.882. The molecule has 0 spiro atoms. The summed E-state index contributed by atoms with van der Waals surface area (Å²) in [5.74, 6) is 2.00. The highest BCUT2D eigenvalue weighted by Gasteiger charge is 2.40. The molecule has 1 saturated heterocycles. The smallest absolute Gasteiger partial charge is 0.108 e. The zero-order valence-corrected chi connectivity index (χ0v) is 11.2. The van der Waals surface area contributed by atoms with Crippen molar-refractivity contribution in [3.63, 3.8) is 0 Å². The third kappa shape index (κ3) is 2.40. The highest BCUT2D eigenvalue weighted by Crippen LogP contribution is 2.45. The second-order valence-electron chi connectivity index (χ2n) is 5.28. The fraction of sp³-hybridized carbons (Fsp3) is 0.667. The second-order valence-corrected chi connectivity index (χ2v) is 7.55. The predicted octanol–water partition coefficient (Wildman–Crippen LogP) is 3.41. The van der Waals surface area contributed by atoms with Gasteiger partial charge in [0.25, 0.3) is 0 Å². The van der Waals surface area contributed by atoms with Crippen LogP contribution in [-0.4, -0.2) is 16.6 Å². The molecule has 0 amide bonds. The Morgan fingerprint density at radius 3 is 2.53 bits per heavy atom. The van der Waals surface area contributed by atoms with Gasteiger partial charge in [-0.1, -0.05) is 13.8 Å². The van der Waals surface area contributed by atoms with E-state index in [1.165, 1.54) is 4.88 Å². The molecule has 1 N–H and O–H groups in total. The monoisotopic (exact) mass is 242 g/mol. The van der Waals surface area contributed by atoms with Crippen LogP contribution in [0.3, 0.4) is 0 Å². The third-order valence-corrected chi connectivity index (χ3v) is 5.66. The van der Waals surface area contributed by atoms with Crippen LogP contribution < -0.4 is 0 Å². The van der Waals surface area contributed by atoms with Crippen molar-refractivity contribution in [2.45, 2.75) is 32.8 Å². The van der Waals surface area contributed by atoms with Crippen molar-refractivity contribution in [3.05, 3.63) is 21.9 Å². The topological polar surface area (TPSA) is 20.2 Å². The number of hydrogen-bond donors (Lipinski definition) is 1. The minimum absolute atomic E-state index is 0.246. The highest BCUT2D eigenvalue weighted by atomic mass is 32.2. The number of rotatable bonds is 1. The summed E-state index contributed by atoms with van der Waals surface area (Å²) in [4.78, 5) is 2.42. The summed E-state index contributed by atoms with van der Waals surface area (Å²) >= 11 is 3.60. The Hall–Kier alpha value is 0.01000. The summed E-state index contributed by atoms with van der Waals surface area (Å²) in [5, 5.41) is 10.7. The molecule has 15 heavy (non-hydrogen) atoms. The molecule has 0 aromatic carbocycles. The Morgan fingerprint density at radius 2 is 2.00 bits per heavy atom. The molecule has 84 valence electrons. The molecule has 2 rings (SSSR count). The lowest BCUT2D eigenvalue weighted by atomic mass is 9.81. The van der Waals surface area contributed by atoms with Gasteiger partial charge in [-0.2, -0.15) is 11.8 Å². The van der Waals surface area contributed by atoms with Gasteiger partial charge < -0.3 is 5.11 Å². The lowest BCUT2D eigenvalue weighted by Crippen LogP contribution is -2.39. The standard InChI is InChI=1S/C12H18OS2/c1-9-4-5-10(15-9)12(13)6-11(2,3)7-14-8-12/h4-5,13H,6-8H2,1-3H3. The van der Waals surface area contributed by atoms with E-state index in [1.807, 2.05) is 11.8 Å². The summed E-state index contributed by atoms with van der Waals surface area (Å²) in [6, 6.07) is 4.19. The molecule has 0 aliphatic carbocycles. The largest absolute Gasteiger partial charge is 0.383 e. The summed E-state index contributed by atoms with van der Waals surface area (Å²) in [7, 11) is 0. The van der Waals surface area contributed by atoms with E-state index in [1.54, 1.807) is 11.3 Å². The number of hydrogen-bond acceptors (Lipinski definition) is 3. The molecular formula is C12H18OS2. The van der Waals surface area contributed by atoms with E-state index >= 15 is 0 Å². The minimum atomic E-state index is -0.592. The molecule has 1 atom stereocenters. The van der Waals surface area contributed by atoms with Crippen LogP contribution >= 0.6 is 23.1 Å². The molecule has 0 saturated carbocycles. The van der Waals surface area contributed by atoms with Crippen molar-refractivity contribution in [2.75, 3.05) is 11.5 Å². The molecule has 1 fully saturated rings. The zero-order chi connectivity index (χ0) is 11.1. The van der Waals surface area contributed by atoms with Crippen LogP contribution in [0.25, 0.3) is 0 Å². The van der Waals surface area contributed by atoms with Crippen molar-refractivity contribution >= 4 is 23.1 Å².